The number of ether oxygens (including phenoxy) is 1. The van der Waals surface area contributed by atoms with Crippen molar-refractivity contribution in [1.29, 1.82) is 0 Å². The summed E-state index contributed by atoms with van der Waals surface area (Å²) in [6, 6.07) is 9.51. The van der Waals surface area contributed by atoms with Crippen LogP contribution in [0.3, 0.4) is 0 Å². The van der Waals surface area contributed by atoms with Crippen LogP contribution in [0, 0.1) is 0 Å². The number of urea groups is 1. The van der Waals surface area contributed by atoms with Gasteiger partial charge in [-0.3, -0.25) is 10.1 Å². The fraction of sp³-hybridized carbons (Fsp3) is 0.529. The molecule has 0 saturated heterocycles. The van der Waals surface area contributed by atoms with Crippen LogP contribution in [0.25, 0.3) is 0 Å². The van der Waals surface area contributed by atoms with Gasteiger partial charge in [0.1, 0.15) is 0 Å². The molecule has 0 aliphatic carbocycles. The van der Waals surface area contributed by atoms with Crippen molar-refractivity contribution in [2.24, 2.45) is 0 Å². The zero-order valence-corrected chi connectivity index (χ0v) is 14.7. The largest absolute Gasteiger partial charge is 0.383 e. The van der Waals surface area contributed by atoms with Gasteiger partial charge in [-0.15, -0.1) is 0 Å². The highest BCUT2D eigenvalue weighted by Gasteiger charge is 2.14. The van der Waals surface area contributed by atoms with Crippen molar-refractivity contribution in [3.8, 4) is 0 Å². The molecule has 1 aromatic rings. The number of carbonyl (C=O) groups excluding carboxylic acids is 2. The number of nitrogens with zero attached hydrogens (tertiary/aromatic N) is 1. The van der Waals surface area contributed by atoms with Gasteiger partial charge in [0.25, 0.3) is 0 Å². The van der Waals surface area contributed by atoms with Gasteiger partial charge in [-0.2, -0.15) is 0 Å². The summed E-state index contributed by atoms with van der Waals surface area (Å²) in [6.07, 6.45) is 0.845. The molecule has 3 N–H and O–H groups in total. The lowest BCUT2D eigenvalue weighted by molar-refractivity contribution is -0.119. The monoisotopic (exact) mass is 336 g/mol. The highest BCUT2D eigenvalue weighted by atomic mass is 16.5. The lowest BCUT2D eigenvalue weighted by Gasteiger charge is -2.23. The van der Waals surface area contributed by atoms with Crippen LogP contribution in [0.1, 0.15) is 18.0 Å². The summed E-state index contributed by atoms with van der Waals surface area (Å²) in [6.45, 7) is 2.49. The third-order valence-electron chi connectivity index (χ3n) is 3.67. The Labute approximate surface area is 143 Å². The maximum Gasteiger partial charge on any atom is 0.321 e. The molecule has 0 radical (unpaired) electrons. The van der Waals surface area contributed by atoms with Gasteiger partial charge >= 0.3 is 6.03 Å². The van der Waals surface area contributed by atoms with Crippen molar-refractivity contribution in [2.75, 3.05) is 47.4 Å². The van der Waals surface area contributed by atoms with Gasteiger partial charge in [-0.05, 0) is 25.6 Å². The van der Waals surface area contributed by atoms with Gasteiger partial charge in [-0.25, -0.2) is 4.79 Å². The Morgan fingerprint density at radius 2 is 1.92 bits per heavy atom. The molecule has 7 heteroatoms. The van der Waals surface area contributed by atoms with Gasteiger partial charge in [0.2, 0.25) is 5.91 Å². The van der Waals surface area contributed by atoms with Crippen LogP contribution in [0.4, 0.5) is 4.79 Å². The minimum atomic E-state index is -0.502. The van der Waals surface area contributed by atoms with Gasteiger partial charge in [-0.1, -0.05) is 30.3 Å². The number of likely N-dealkylation sites (N-methyl/N-ethyl adjacent to an activating group) is 1. The van der Waals surface area contributed by atoms with E-state index >= 15 is 0 Å². The lowest BCUT2D eigenvalue weighted by atomic mass is 10.0. The maximum atomic E-state index is 11.8. The molecule has 7 nitrogen and oxygen atoms in total. The van der Waals surface area contributed by atoms with Gasteiger partial charge in [0, 0.05) is 26.7 Å². The van der Waals surface area contributed by atoms with Crippen molar-refractivity contribution in [3.05, 3.63) is 35.9 Å². The van der Waals surface area contributed by atoms with E-state index in [9.17, 15) is 9.59 Å². The smallest absolute Gasteiger partial charge is 0.321 e. The van der Waals surface area contributed by atoms with E-state index in [1.54, 1.807) is 7.11 Å². The molecule has 0 fully saturated rings. The summed E-state index contributed by atoms with van der Waals surface area (Å²) in [7, 11) is 5.20. The summed E-state index contributed by atoms with van der Waals surface area (Å²) in [4.78, 5) is 25.1. The predicted octanol–water partition coefficient (Wildman–Crippen LogP) is 0.741. The van der Waals surface area contributed by atoms with Crippen molar-refractivity contribution in [3.63, 3.8) is 0 Å². The Kier molecular flexibility index (Phi) is 9.67. The Hall–Kier alpha value is -1.96. The number of methoxy groups -OCH3 is 1. The first-order valence-electron chi connectivity index (χ1n) is 8.04. The molecule has 1 aromatic carbocycles. The number of hydrogen-bond acceptors (Lipinski definition) is 5. The molecule has 0 saturated carbocycles. The zero-order chi connectivity index (χ0) is 17.8. The average Bonchev–Trinajstić information content (AvgIpc) is 2.60. The van der Waals surface area contributed by atoms with Crippen molar-refractivity contribution >= 4 is 11.9 Å². The molecule has 0 aromatic heterocycles. The fourth-order valence-electron chi connectivity index (χ4n) is 2.23. The van der Waals surface area contributed by atoms with E-state index in [1.807, 2.05) is 37.4 Å². The highest BCUT2D eigenvalue weighted by molar-refractivity contribution is 5.95. The number of rotatable bonds is 10. The van der Waals surface area contributed by atoms with Crippen LogP contribution in [0.15, 0.2) is 30.3 Å². The van der Waals surface area contributed by atoms with Gasteiger partial charge in [0.05, 0.1) is 13.2 Å². The summed E-state index contributed by atoms with van der Waals surface area (Å²) >= 11 is 0. The predicted molar refractivity (Wildman–Crippen MR) is 93.8 cm³/mol. The third kappa shape index (κ3) is 8.05. The number of hydrogen-bond donors (Lipinski definition) is 3. The minimum absolute atomic E-state index is 0.0339. The summed E-state index contributed by atoms with van der Waals surface area (Å²) in [5.74, 6) is -0.358. The van der Waals surface area contributed by atoms with Crippen LogP contribution in [0.5, 0.6) is 0 Å². The van der Waals surface area contributed by atoms with Gasteiger partial charge in [0.15, 0.2) is 0 Å². The van der Waals surface area contributed by atoms with Crippen LogP contribution in [0.2, 0.25) is 0 Å². The summed E-state index contributed by atoms with van der Waals surface area (Å²) in [5.41, 5.74) is 1.12. The summed E-state index contributed by atoms with van der Waals surface area (Å²) in [5, 5.41) is 7.84. The fourth-order valence-corrected chi connectivity index (χ4v) is 2.23. The Bertz CT molecular complexity index is 496. The molecule has 1 atom stereocenters. The first-order valence-corrected chi connectivity index (χ1v) is 8.04. The highest BCUT2D eigenvalue weighted by Crippen LogP contribution is 2.16. The lowest BCUT2D eigenvalue weighted by Crippen LogP contribution is -2.43. The number of nitrogens with one attached hydrogen (secondary N) is 3. The van der Waals surface area contributed by atoms with E-state index in [-0.39, 0.29) is 18.5 Å². The molecule has 0 unspecified atom stereocenters. The standard InChI is InChI=1S/C17H28N4O3/c1-18-17(23)20-16(22)13-19-15(14-7-5-4-6-8-14)9-10-21(2)11-12-24-3/h4-8,15,19H,9-13H2,1-3H3,(H2,18,20,22,23)/t15-/m0/s1. The number of amides is 3. The molecule has 0 spiro atoms. The minimum Gasteiger partial charge on any atom is -0.383 e. The van der Waals surface area contributed by atoms with E-state index in [2.05, 4.69) is 20.9 Å². The Balaban J connectivity index is 2.56. The van der Waals surface area contributed by atoms with Crippen molar-refractivity contribution in [2.45, 2.75) is 12.5 Å². The molecule has 0 aliphatic rings. The molecule has 134 valence electrons. The molecular formula is C17H28N4O3. The van der Waals surface area contributed by atoms with E-state index in [1.165, 1.54) is 7.05 Å². The van der Waals surface area contributed by atoms with E-state index in [0.29, 0.717) is 6.61 Å². The van der Waals surface area contributed by atoms with Crippen LogP contribution >= 0.6 is 0 Å². The first kappa shape index (κ1) is 20.1. The SMILES string of the molecule is CNC(=O)NC(=O)CN[C@@H](CCN(C)CCOC)c1ccccc1. The van der Waals surface area contributed by atoms with Crippen LogP contribution in [-0.4, -0.2) is 64.3 Å². The molecule has 0 heterocycles. The Morgan fingerprint density at radius 3 is 2.54 bits per heavy atom. The molecule has 0 bridgehead atoms. The number of imide groups is 1. The average molecular weight is 336 g/mol. The third-order valence-corrected chi connectivity index (χ3v) is 3.67. The van der Waals surface area contributed by atoms with Crippen LogP contribution in [-0.2, 0) is 9.53 Å². The topological polar surface area (TPSA) is 82.7 Å². The summed E-state index contributed by atoms with van der Waals surface area (Å²) < 4.78 is 5.08. The zero-order valence-electron chi connectivity index (χ0n) is 14.7. The van der Waals surface area contributed by atoms with Gasteiger partial charge < -0.3 is 20.3 Å². The Morgan fingerprint density at radius 1 is 1.21 bits per heavy atom. The number of carbonyl (C=O) groups is 2. The maximum absolute atomic E-state index is 11.8. The van der Waals surface area contributed by atoms with Crippen LogP contribution < -0.4 is 16.0 Å². The van der Waals surface area contributed by atoms with E-state index < -0.39 is 6.03 Å². The molecular weight excluding hydrogens is 308 g/mol. The second-order valence-corrected chi connectivity index (χ2v) is 5.56. The molecule has 0 aliphatic heterocycles. The molecule has 1 rings (SSSR count). The second-order valence-electron chi connectivity index (χ2n) is 5.56. The molecule has 3 amide bonds. The molecule has 24 heavy (non-hydrogen) atoms. The van der Waals surface area contributed by atoms with E-state index in [0.717, 1.165) is 25.1 Å². The first-order chi connectivity index (χ1) is 11.6. The normalized spacial score (nSPS) is 12.0. The van der Waals surface area contributed by atoms with E-state index in [4.69, 9.17) is 4.74 Å². The quantitative estimate of drug-likeness (QED) is 0.587. The second kappa shape index (κ2) is 11.6. The van der Waals surface area contributed by atoms with Crippen molar-refractivity contribution < 1.29 is 14.3 Å². The van der Waals surface area contributed by atoms with Crippen molar-refractivity contribution in [1.82, 2.24) is 20.9 Å². The number of benzene rings is 1.